The van der Waals surface area contributed by atoms with E-state index in [9.17, 15) is 0 Å². The third-order valence-corrected chi connectivity index (χ3v) is 0. The van der Waals surface area contributed by atoms with Crippen LogP contribution in [0, 0.1) is 0 Å². The fraction of sp³-hybridized carbons (Fsp3) is 0. The van der Waals surface area contributed by atoms with E-state index in [2.05, 4.69) is 0 Å². The molecule has 0 saturated carbocycles. The van der Waals surface area contributed by atoms with Gasteiger partial charge >= 0.3 is 32.7 Å². The molecule has 2 N–H and O–H groups in total. The predicted molar refractivity (Wildman–Crippen MR) is 8.62 cm³/mol. The van der Waals surface area contributed by atoms with E-state index in [4.69, 9.17) is 0 Å². The first-order valence-electron chi connectivity index (χ1n) is 0. The molecule has 0 saturated heterocycles. The van der Waals surface area contributed by atoms with Gasteiger partial charge < -0.3 is 19.6 Å². The van der Waals surface area contributed by atoms with E-state index < -0.39 is 0 Å². The Hall–Kier alpha value is 0.714. The summed E-state index contributed by atoms with van der Waals surface area (Å²) in [4.78, 5) is 0. The molecule has 0 aliphatic heterocycles. The van der Waals surface area contributed by atoms with Crippen molar-refractivity contribution in [2.75, 3.05) is 0 Å². The molecule has 7 heavy (non-hydrogen) atoms. The van der Waals surface area contributed by atoms with Crippen molar-refractivity contribution in [3.8, 4) is 0 Å². The number of hydrogen-bond donors (Lipinski definition) is 0. The third kappa shape index (κ3) is 293. The Labute approximate surface area is 61.9 Å². The maximum atomic E-state index is 0. The van der Waals surface area contributed by atoms with E-state index in [0.29, 0.717) is 0 Å². The SMILES string of the molecule is F.F.O.[F-].[F-].[F-].[Y+3]. The molecular weight excluding hydrogens is 200 g/mol. The van der Waals surface area contributed by atoms with Crippen molar-refractivity contribution in [3.63, 3.8) is 0 Å². The molecule has 0 aromatic rings. The average Bonchev–Trinajstić information content (AvgIpc) is 0. The van der Waals surface area contributed by atoms with Gasteiger partial charge in [-0.1, -0.05) is 0 Å². The van der Waals surface area contributed by atoms with E-state index in [1.54, 1.807) is 0 Å². The Morgan fingerprint density at radius 2 is 0.571 bits per heavy atom. The van der Waals surface area contributed by atoms with Crippen LogP contribution < -0.4 is 14.1 Å². The number of hydrogen-bond acceptors (Lipinski definition) is 0. The van der Waals surface area contributed by atoms with Gasteiger partial charge in [-0.2, -0.15) is 0 Å². The van der Waals surface area contributed by atoms with Gasteiger partial charge in [0.2, 0.25) is 0 Å². The fourth-order valence-electron chi connectivity index (χ4n) is 0. The van der Waals surface area contributed by atoms with Crippen molar-refractivity contribution in [1.29, 1.82) is 0 Å². The molecule has 0 fully saturated rings. The zero-order valence-electron chi connectivity index (χ0n) is 3.03. The van der Waals surface area contributed by atoms with Crippen LogP contribution in [0.1, 0.15) is 0 Å². The number of halogens is 5. The third-order valence-electron chi connectivity index (χ3n) is 0. The number of rotatable bonds is 0. The summed E-state index contributed by atoms with van der Waals surface area (Å²) in [6, 6.07) is 0. The Bertz CT molecular complexity index is 8.04. The molecule has 0 amide bonds. The monoisotopic (exact) mass is 204 g/mol. The van der Waals surface area contributed by atoms with Crippen LogP contribution in [0.3, 0.4) is 0 Å². The Morgan fingerprint density at radius 3 is 0.571 bits per heavy atom. The van der Waals surface area contributed by atoms with Crippen LogP contribution in [0.2, 0.25) is 0 Å². The van der Waals surface area contributed by atoms with Gasteiger partial charge in [0.1, 0.15) is 0 Å². The van der Waals surface area contributed by atoms with Crippen LogP contribution in [0.4, 0.5) is 9.41 Å². The van der Waals surface area contributed by atoms with Gasteiger partial charge in [-0.25, -0.2) is 0 Å². The standard InChI is InChI=1S/5FH.H2O.Y/h5*1H;1H2;/q;;;;;;+3/p-3. The smallest absolute Gasteiger partial charge is 1.00 e. The first kappa shape index (κ1) is 682. The summed E-state index contributed by atoms with van der Waals surface area (Å²) in [6.45, 7) is 0. The van der Waals surface area contributed by atoms with Gasteiger partial charge in [0.15, 0.2) is 0 Å². The summed E-state index contributed by atoms with van der Waals surface area (Å²) in [5, 5.41) is 0. The van der Waals surface area contributed by atoms with E-state index in [1.807, 2.05) is 0 Å². The second-order valence-electron chi connectivity index (χ2n) is 0. The largest absolute Gasteiger partial charge is 3.00 e. The van der Waals surface area contributed by atoms with Crippen molar-refractivity contribution in [2.24, 2.45) is 0 Å². The average molecular weight is 204 g/mol. The Kier molecular flexibility index (Phi) is 41900. The minimum absolute atomic E-state index is 0. The summed E-state index contributed by atoms with van der Waals surface area (Å²) < 4.78 is 0. The molecule has 0 unspecified atom stereocenters. The van der Waals surface area contributed by atoms with Crippen LogP contribution in [-0.2, 0) is 32.7 Å². The summed E-state index contributed by atoms with van der Waals surface area (Å²) in [6.07, 6.45) is 0. The molecule has 0 spiro atoms. The molecule has 0 rings (SSSR count). The Morgan fingerprint density at radius 1 is 0.571 bits per heavy atom. The van der Waals surface area contributed by atoms with Gasteiger partial charge in [-0.15, -0.1) is 0 Å². The second kappa shape index (κ2) is 430. The molecular formula is H4F5OY. The molecule has 0 bridgehead atoms. The van der Waals surface area contributed by atoms with Gasteiger partial charge in [-0.05, 0) is 0 Å². The summed E-state index contributed by atoms with van der Waals surface area (Å²) in [5.74, 6) is 0. The van der Waals surface area contributed by atoms with Gasteiger partial charge in [-0.3, -0.25) is 9.41 Å². The van der Waals surface area contributed by atoms with Gasteiger partial charge in [0.05, 0.1) is 0 Å². The Balaban J connectivity index is 0. The summed E-state index contributed by atoms with van der Waals surface area (Å²) in [5.41, 5.74) is 0. The van der Waals surface area contributed by atoms with Gasteiger partial charge in [0.25, 0.3) is 0 Å². The van der Waals surface area contributed by atoms with Crippen molar-refractivity contribution < 1.29 is 61.7 Å². The van der Waals surface area contributed by atoms with E-state index >= 15 is 0 Å². The van der Waals surface area contributed by atoms with Gasteiger partial charge in [0, 0.05) is 0 Å². The minimum Gasteiger partial charge on any atom is -1.00 e. The first-order valence-corrected chi connectivity index (χ1v) is 0. The quantitative estimate of drug-likeness (QED) is 0.351. The molecule has 0 atom stereocenters. The van der Waals surface area contributed by atoms with Crippen LogP contribution in [0.25, 0.3) is 0 Å². The zero-order valence-corrected chi connectivity index (χ0v) is 5.87. The van der Waals surface area contributed by atoms with Crippen molar-refractivity contribution in [1.82, 2.24) is 0 Å². The molecule has 0 radical (unpaired) electrons. The normalized spacial score (nSPS) is 0. The molecule has 0 aliphatic carbocycles. The topological polar surface area (TPSA) is 31.5 Å². The van der Waals surface area contributed by atoms with Crippen LogP contribution >= 0.6 is 0 Å². The molecule has 0 aliphatic rings. The maximum Gasteiger partial charge on any atom is 3.00 e. The van der Waals surface area contributed by atoms with Crippen LogP contribution in [-0.4, -0.2) is 5.48 Å². The second-order valence-corrected chi connectivity index (χ2v) is 0. The maximum absolute atomic E-state index is 0. The predicted octanol–water partition coefficient (Wildman–Crippen LogP) is -9.51. The van der Waals surface area contributed by atoms with E-state index in [0.717, 1.165) is 0 Å². The van der Waals surface area contributed by atoms with Crippen molar-refractivity contribution >= 4 is 0 Å². The molecule has 7 heteroatoms. The minimum atomic E-state index is 0. The molecule has 1 nitrogen and oxygen atoms in total. The molecule has 0 heterocycles. The van der Waals surface area contributed by atoms with E-state index in [1.165, 1.54) is 0 Å². The van der Waals surface area contributed by atoms with E-state index in [-0.39, 0.29) is 61.7 Å². The van der Waals surface area contributed by atoms with Crippen LogP contribution in [0.15, 0.2) is 0 Å². The van der Waals surface area contributed by atoms with Crippen molar-refractivity contribution in [3.05, 3.63) is 0 Å². The van der Waals surface area contributed by atoms with Crippen molar-refractivity contribution in [2.45, 2.75) is 0 Å². The molecule has 48 valence electrons. The van der Waals surface area contributed by atoms with Crippen LogP contribution in [0.5, 0.6) is 0 Å². The first-order chi connectivity index (χ1) is 0. The molecule has 0 aromatic heterocycles. The zero-order chi connectivity index (χ0) is 0. The fourth-order valence-corrected chi connectivity index (χ4v) is 0. The molecule has 0 aromatic carbocycles. The summed E-state index contributed by atoms with van der Waals surface area (Å²) >= 11 is 0. The summed E-state index contributed by atoms with van der Waals surface area (Å²) in [7, 11) is 0.